The molecule has 5 nitrogen and oxygen atoms in total. The second-order valence-corrected chi connectivity index (χ2v) is 5.53. The Morgan fingerprint density at radius 1 is 1.50 bits per heavy atom. The highest BCUT2D eigenvalue weighted by Gasteiger charge is 2.33. The van der Waals surface area contributed by atoms with Crippen LogP contribution in [-0.2, 0) is 9.53 Å². The van der Waals surface area contributed by atoms with Crippen molar-refractivity contribution in [3.63, 3.8) is 0 Å². The predicted octanol–water partition coefficient (Wildman–Crippen LogP) is 1.29. The molecule has 1 atom stereocenters. The molecule has 1 saturated heterocycles. The third kappa shape index (κ3) is 2.39. The Kier molecular flexibility index (Phi) is 3.68. The minimum Gasteiger partial charge on any atom is -0.480 e. The van der Waals surface area contributed by atoms with Crippen LogP contribution >= 0.6 is 11.3 Å². The SMILES string of the molecule is Cc1cc(C(=O)N2CCOC[C@H]2C(=O)O)sc1C. The Hall–Kier alpha value is -1.40. The fourth-order valence-electron chi connectivity index (χ4n) is 1.87. The molecule has 1 fully saturated rings. The van der Waals surface area contributed by atoms with Crippen molar-refractivity contribution >= 4 is 23.2 Å². The molecule has 1 aliphatic rings. The monoisotopic (exact) mass is 269 g/mol. The van der Waals surface area contributed by atoms with Gasteiger partial charge in [0.2, 0.25) is 0 Å². The molecule has 0 saturated carbocycles. The summed E-state index contributed by atoms with van der Waals surface area (Å²) in [5.41, 5.74) is 1.06. The van der Waals surface area contributed by atoms with Gasteiger partial charge in [0.1, 0.15) is 0 Å². The number of carboxylic acids is 1. The third-order valence-electron chi connectivity index (χ3n) is 3.05. The number of morpholine rings is 1. The van der Waals surface area contributed by atoms with Crippen molar-refractivity contribution in [1.82, 2.24) is 4.90 Å². The lowest BCUT2D eigenvalue weighted by Gasteiger charge is -2.32. The summed E-state index contributed by atoms with van der Waals surface area (Å²) in [4.78, 5) is 26.5. The summed E-state index contributed by atoms with van der Waals surface area (Å²) in [5, 5.41) is 9.09. The number of thiophene rings is 1. The van der Waals surface area contributed by atoms with Gasteiger partial charge in [-0.25, -0.2) is 4.79 Å². The smallest absolute Gasteiger partial charge is 0.328 e. The number of nitrogens with zero attached hydrogens (tertiary/aromatic N) is 1. The first kappa shape index (κ1) is 13.0. The standard InChI is InChI=1S/C12H15NO4S/c1-7-5-10(18-8(7)2)11(14)13-3-4-17-6-9(13)12(15)16/h5,9H,3-4,6H2,1-2H3,(H,15,16)/t9-/m0/s1. The van der Waals surface area contributed by atoms with E-state index in [9.17, 15) is 9.59 Å². The number of hydrogen-bond acceptors (Lipinski definition) is 4. The van der Waals surface area contributed by atoms with Crippen LogP contribution in [0.15, 0.2) is 6.07 Å². The van der Waals surface area contributed by atoms with Gasteiger partial charge in [0.15, 0.2) is 6.04 Å². The van der Waals surface area contributed by atoms with Crippen LogP contribution in [0, 0.1) is 13.8 Å². The average Bonchev–Trinajstić information content (AvgIpc) is 2.68. The van der Waals surface area contributed by atoms with Gasteiger partial charge in [-0.1, -0.05) is 0 Å². The zero-order valence-corrected chi connectivity index (χ0v) is 11.1. The van der Waals surface area contributed by atoms with E-state index in [0.29, 0.717) is 18.0 Å². The zero-order valence-electron chi connectivity index (χ0n) is 10.3. The topological polar surface area (TPSA) is 66.8 Å². The molecule has 0 aromatic carbocycles. The van der Waals surface area contributed by atoms with Crippen molar-refractivity contribution in [2.75, 3.05) is 19.8 Å². The number of ether oxygens (including phenoxy) is 1. The number of carboxylic acid groups (broad SMARTS) is 1. The third-order valence-corrected chi connectivity index (χ3v) is 4.19. The first-order valence-corrected chi connectivity index (χ1v) is 6.51. The maximum Gasteiger partial charge on any atom is 0.328 e. The Balaban J connectivity index is 2.23. The highest BCUT2D eigenvalue weighted by Crippen LogP contribution is 2.23. The summed E-state index contributed by atoms with van der Waals surface area (Å²) in [6, 6.07) is 0.936. The number of amides is 1. The molecule has 1 aromatic heterocycles. The van der Waals surface area contributed by atoms with Crippen molar-refractivity contribution in [3.05, 3.63) is 21.4 Å². The van der Waals surface area contributed by atoms with Crippen molar-refractivity contribution < 1.29 is 19.4 Å². The average molecular weight is 269 g/mol. The van der Waals surface area contributed by atoms with E-state index >= 15 is 0 Å². The van der Waals surface area contributed by atoms with E-state index < -0.39 is 12.0 Å². The van der Waals surface area contributed by atoms with Gasteiger partial charge in [-0.3, -0.25) is 4.79 Å². The molecule has 1 amide bonds. The van der Waals surface area contributed by atoms with Crippen molar-refractivity contribution in [3.8, 4) is 0 Å². The first-order chi connectivity index (χ1) is 8.50. The molecule has 6 heteroatoms. The van der Waals surface area contributed by atoms with Crippen molar-refractivity contribution in [2.45, 2.75) is 19.9 Å². The van der Waals surface area contributed by atoms with E-state index in [1.54, 1.807) is 0 Å². The maximum atomic E-state index is 12.3. The van der Waals surface area contributed by atoms with E-state index in [0.717, 1.165) is 10.4 Å². The molecule has 98 valence electrons. The fourth-order valence-corrected chi connectivity index (χ4v) is 2.86. The Labute approximate surface area is 109 Å². The van der Waals surface area contributed by atoms with Gasteiger partial charge in [-0.2, -0.15) is 0 Å². The lowest BCUT2D eigenvalue weighted by atomic mass is 10.2. The molecule has 1 aromatic rings. The zero-order chi connectivity index (χ0) is 13.3. The number of carbonyl (C=O) groups is 2. The van der Waals surface area contributed by atoms with Gasteiger partial charge < -0.3 is 14.7 Å². The molecule has 0 bridgehead atoms. The number of carbonyl (C=O) groups excluding carboxylic acids is 1. The summed E-state index contributed by atoms with van der Waals surface area (Å²) < 4.78 is 5.12. The minimum absolute atomic E-state index is 0.0599. The maximum absolute atomic E-state index is 12.3. The highest BCUT2D eigenvalue weighted by atomic mass is 32.1. The van der Waals surface area contributed by atoms with E-state index in [4.69, 9.17) is 9.84 Å². The molecule has 0 radical (unpaired) electrons. The minimum atomic E-state index is -1.02. The van der Waals surface area contributed by atoms with Crippen LogP contribution < -0.4 is 0 Å². The molecule has 0 spiro atoms. The Morgan fingerprint density at radius 3 is 2.78 bits per heavy atom. The van der Waals surface area contributed by atoms with Gasteiger partial charge >= 0.3 is 5.97 Å². The molecule has 2 rings (SSSR count). The van der Waals surface area contributed by atoms with Crippen LogP contribution in [0.1, 0.15) is 20.1 Å². The highest BCUT2D eigenvalue weighted by molar-refractivity contribution is 7.14. The molecule has 2 heterocycles. The molecular formula is C12H15NO4S. The molecule has 0 unspecified atom stereocenters. The second kappa shape index (κ2) is 5.07. The van der Waals surface area contributed by atoms with Gasteiger partial charge in [-0.05, 0) is 25.5 Å². The lowest BCUT2D eigenvalue weighted by Crippen LogP contribution is -2.52. The number of aliphatic carboxylic acids is 1. The normalized spacial score (nSPS) is 19.9. The van der Waals surface area contributed by atoms with Crippen molar-refractivity contribution in [1.29, 1.82) is 0 Å². The van der Waals surface area contributed by atoms with Crippen LogP contribution in [0.3, 0.4) is 0 Å². The van der Waals surface area contributed by atoms with Crippen LogP contribution in [0.25, 0.3) is 0 Å². The van der Waals surface area contributed by atoms with Gasteiger partial charge in [0.25, 0.3) is 5.91 Å². The molecule has 1 N–H and O–H groups in total. The number of hydrogen-bond donors (Lipinski definition) is 1. The van der Waals surface area contributed by atoms with Gasteiger partial charge in [-0.15, -0.1) is 11.3 Å². The molecule has 1 aliphatic heterocycles. The summed E-state index contributed by atoms with van der Waals surface area (Å²) in [7, 11) is 0. The van der Waals surface area contributed by atoms with Crippen LogP contribution in [0.2, 0.25) is 0 Å². The van der Waals surface area contributed by atoms with Crippen LogP contribution in [-0.4, -0.2) is 47.7 Å². The van der Waals surface area contributed by atoms with Crippen molar-refractivity contribution in [2.24, 2.45) is 0 Å². The Morgan fingerprint density at radius 2 is 2.22 bits per heavy atom. The quantitative estimate of drug-likeness (QED) is 0.878. The second-order valence-electron chi connectivity index (χ2n) is 4.28. The van der Waals surface area contributed by atoms with Gasteiger partial charge in [0.05, 0.1) is 18.1 Å². The van der Waals surface area contributed by atoms with E-state index in [1.807, 2.05) is 19.9 Å². The largest absolute Gasteiger partial charge is 0.480 e. The summed E-state index contributed by atoms with van der Waals surface area (Å²) in [6.45, 7) is 4.66. The number of rotatable bonds is 2. The summed E-state index contributed by atoms with van der Waals surface area (Å²) in [6.07, 6.45) is 0. The van der Waals surface area contributed by atoms with Crippen LogP contribution in [0.5, 0.6) is 0 Å². The van der Waals surface area contributed by atoms with Gasteiger partial charge in [0, 0.05) is 11.4 Å². The lowest BCUT2D eigenvalue weighted by molar-refractivity contribution is -0.147. The molecule has 18 heavy (non-hydrogen) atoms. The number of aryl methyl sites for hydroxylation is 2. The van der Waals surface area contributed by atoms with Crippen LogP contribution in [0.4, 0.5) is 0 Å². The molecule has 0 aliphatic carbocycles. The fraction of sp³-hybridized carbons (Fsp3) is 0.500. The van der Waals surface area contributed by atoms with E-state index in [1.165, 1.54) is 16.2 Å². The predicted molar refractivity (Wildman–Crippen MR) is 67.1 cm³/mol. The van der Waals surface area contributed by atoms with E-state index in [2.05, 4.69) is 0 Å². The van der Waals surface area contributed by atoms with E-state index in [-0.39, 0.29) is 12.5 Å². The molecular weight excluding hydrogens is 254 g/mol. The Bertz CT molecular complexity index is 463. The summed E-state index contributed by atoms with van der Waals surface area (Å²) in [5.74, 6) is -1.24. The first-order valence-electron chi connectivity index (χ1n) is 5.69. The summed E-state index contributed by atoms with van der Waals surface area (Å²) >= 11 is 1.40.